The van der Waals surface area contributed by atoms with Gasteiger partial charge >= 0.3 is 0 Å². The van der Waals surface area contributed by atoms with E-state index in [1.807, 2.05) is 0 Å². The lowest BCUT2D eigenvalue weighted by atomic mass is 9.89. The van der Waals surface area contributed by atoms with Crippen LogP contribution in [0.2, 0.25) is 0 Å². The molecule has 2 rings (SSSR count). The summed E-state index contributed by atoms with van der Waals surface area (Å²) in [6.45, 7) is 6.08. The first-order valence-electron chi connectivity index (χ1n) is 7.23. The Morgan fingerprint density at radius 1 is 1.12 bits per heavy atom. The van der Waals surface area contributed by atoms with Gasteiger partial charge < -0.3 is 10.6 Å². The minimum absolute atomic E-state index is 0.602. The summed E-state index contributed by atoms with van der Waals surface area (Å²) in [5.41, 5.74) is 0.602. The first-order valence-corrected chi connectivity index (χ1v) is 7.23. The van der Waals surface area contributed by atoms with Crippen molar-refractivity contribution in [2.45, 2.75) is 64.3 Å². The smallest absolute Gasteiger partial charge is 0.0192 e. The Morgan fingerprint density at radius 3 is 2.75 bits per heavy atom. The molecule has 1 heterocycles. The second-order valence-electron chi connectivity index (χ2n) is 6.15. The van der Waals surface area contributed by atoms with Gasteiger partial charge in [-0.3, -0.25) is 0 Å². The maximum atomic E-state index is 3.70. The van der Waals surface area contributed by atoms with Crippen molar-refractivity contribution in [3.63, 3.8) is 0 Å². The first-order chi connectivity index (χ1) is 7.79. The second kappa shape index (κ2) is 6.02. The average Bonchev–Trinajstić information content (AvgIpc) is 2.53. The molecule has 2 aliphatic rings. The maximum absolute atomic E-state index is 3.70. The summed E-state index contributed by atoms with van der Waals surface area (Å²) in [5.74, 6) is 0. The molecule has 1 saturated heterocycles. The molecule has 1 atom stereocenters. The van der Waals surface area contributed by atoms with Crippen molar-refractivity contribution >= 4 is 0 Å². The second-order valence-corrected chi connectivity index (χ2v) is 6.15. The predicted molar refractivity (Wildman–Crippen MR) is 69.7 cm³/mol. The van der Waals surface area contributed by atoms with Crippen LogP contribution >= 0.6 is 0 Å². The largest absolute Gasteiger partial charge is 0.315 e. The van der Waals surface area contributed by atoms with Crippen LogP contribution in [-0.4, -0.2) is 25.7 Å². The van der Waals surface area contributed by atoms with Crippen molar-refractivity contribution in [2.24, 2.45) is 5.41 Å². The van der Waals surface area contributed by atoms with Gasteiger partial charge in [-0.1, -0.05) is 32.6 Å². The highest BCUT2D eigenvalue weighted by atomic mass is 15.0. The molecule has 1 aliphatic carbocycles. The van der Waals surface area contributed by atoms with E-state index in [0.717, 1.165) is 6.04 Å². The Labute approximate surface area is 101 Å². The molecule has 94 valence electrons. The van der Waals surface area contributed by atoms with Gasteiger partial charge in [-0.2, -0.15) is 0 Å². The van der Waals surface area contributed by atoms with Gasteiger partial charge in [0.1, 0.15) is 0 Å². The van der Waals surface area contributed by atoms with Crippen molar-refractivity contribution in [3.05, 3.63) is 0 Å². The van der Waals surface area contributed by atoms with Gasteiger partial charge in [0.25, 0.3) is 0 Å². The zero-order valence-electron chi connectivity index (χ0n) is 10.9. The number of nitrogens with one attached hydrogen (secondary N) is 2. The number of hydrogen-bond acceptors (Lipinski definition) is 2. The van der Waals surface area contributed by atoms with Gasteiger partial charge in [0, 0.05) is 19.1 Å². The highest BCUT2D eigenvalue weighted by Gasteiger charge is 2.28. The van der Waals surface area contributed by atoms with E-state index in [0.29, 0.717) is 5.41 Å². The Kier molecular flexibility index (Phi) is 4.66. The third-order valence-electron chi connectivity index (χ3n) is 4.42. The molecule has 0 radical (unpaired) electrons. The number of hydrogen-bond donors (Lipinski definition) is 2. The average molecular weight is 224 g/mol. The SMILES string of the molecule is CC1(CNCC2CCCCCN2)CCCC1. The molecular formula is C14H28N2. The fourth-order valence-corrected chi connectivity index (χ4v) is 3.23. The summed E-state index contributed by atoms with van der Waals surface area (Å²) in [6.07, 6.45) is 11.3. The van der Waals surface area contributed by atoms with E-state index in [2.05, 4.69) is 17.6 Å². The zero-order chi connectivity index (χ0) is 11.3. The molecule has 2 nitrogen and oxygen atoms in total. The van der Waals surface area contributed by atoms with Gasteiger partial charge in [0.05, 0.1) is 0 Å². The van der Waals surface area contributed by atoms with E-state index in [-0.39, 0.29) is 0 Å². The molecule has 2 heteroatoms. The van der Waals surface area contributed by atoms with Crippen LogP contribution in [-0.2, 0) is 0 Å². The highest BCUT2D eigenvalue weighted by Crippen LogP contribution is 2.36. The normalized spacial score (nSPS) is 30.2. The summed E-state index contributed by atoms with van der Waals surface area (Å²) in [5, 5.41) is 7.36. The van der Waals surface area contributed by atoms with Crippen LogP contribution in [0.4, 0.5) is 0 Å². The Hall–Kier alpha value is -0.0800. The summed E-state index contributed by atoms with van der Waals surface area (Å²) in [4.78, 5) is 0. The van der Waals surface area contributed by atoms with Gasteiger partial charge in [0.15, 0.2) is 0 Å². The topological polar surface area (TPSA) is 24.1 Å². The molecule has 0 aromatic carbocycles. The Balaban J connectivity index is 1.62. The molecule has 0 aromatic heterocycles. The van der Waals surface area contributed by atoms with Gasteiger partial charge in [-0.15, -0.1) is 0 Å². The lowest BCUT2D eigenvalue weighted by molar-refractivity contribution is 0.306. The fraction of sp³-hybridized carbons (Fsp3) is 1.00. The van der Waals surface area contributed by atoms with Crippen molar-refractivity contribution in [2.75, 3.05) is 19.6 Å². The molecular weight excluding hydrogens is 196 g/mol. The van der Waals surface area contributed by atoms with Crippen LogP contribution in [0.15, 0.2) is 0 Å². The van der Waals surface area contributed by atoms with Gasteiger partial charge in [-0.05, 0) is 37.6 Å². The van der Waals surface area contributed by atoms with Crippen LogP contribution in [0.3, 0.4) is 0 Å². The van der Waals surface area contributed by atoms with Crippen molar-refractivity contribution < 1.29 is 0 Å². The molecule has 2 N–H and O–H groups in total. The van der Waals surface area contributed by atoms with E-state index in [9.17, 15) is 0 Å². The summed E-state index contributed by atoms with van der Waals surface area (Å²) in [6, 6.07) is 0.729. The van der Waals surface area contributed by atoms with Crippen LogP contribution in [0.1, 0.15) is 58.3 Å². The quantitative estimate of drug-likeness (QED) is 0.767. The minimum Gasteiger partial charge on any atom is -0.315 e. The van der Waals surface area contributed by atoms with E-state index < -0.39 is 0 Å². The van der Waals surface area contributed by atoms with Crippen LogP contribution < -0.4 is 10.6 Å². The van der Waals surface area contributed by atoms with Gasteiger partial charge in [0.2, 0.25) is 0 Å². The van der Waals surface area contributed by atoms with Crippen LogP contribution in [0, 0.1) is 5.41 Å². The monoisotopic (exact) mass is 224 g/mol. The molecule has 1 saturated carbocycles. The molecule has 0 spiro atoms. The molecule has 1 unspecified atom stereocenters. The number of rotatable bonds is 4. The van der Waals surface area contributed by atoms with Crippen LogP contribution in [0.25, 0.3) is 0 Å². The van der Waals surface area contributed by atoms with Crippen molar-refractivity contribution in [3.8, 4) is 0 Å². The third-order valence-corrected chi connectivity index (χ3v) is 4.42. The first kappa shape index (κ1) is 12.4. The molecule has 0 aromatic rings. The molecule has 1 aliphatic heterocycles. The zero-order valence-corrected chi connectivity index (χ0v) is 10.9. The fourth-order valence-electron chi connectivity index (χ4n) is 3.23. The predicted octanol–water partition coefficient (Wildman–Crippen LogP) is 2.69. The van der Waals surface area contributed by atoms with E-state index >= 15 is 0 Å². The van der Waals surface area contributed by atoms with E-state index in [1.54, 1.807) is 0 Å². The highest BCUT2D eigenvalue weighted by molar-refractivity contribution is 4.83. The van der Waals surface area contributed by atoms with E-state index in [4.69, 9.17) is 0 Å². The molecule has 0 amide bonds. The van der Waals surface area contributed by atoms with Crippen LogP contribution in [0.5, 0.6) is 0 Å². The Bertz CT molecular complexity index is 189. The minimum atomic E-state index is 0.602. The molecule has 0 bridgehead atoms. The van der Waals surface area contributed by atoms with Crippen molar-refractivity contribution in [1.82, 2.24) is 10.6 Å². The van der Waals surface area contributed by atoms with E-state index in [1.165, 1.54) is 71.0 Å². The molecule has 2 fully saturated rings. The summed E-state index contributed by atoms with van der Waals surface area (Å²) >= 11 is 0. The molecule has 16 heavy (non-hydrogen) atoms. The lowest BCUT2D eigenvalue weighted by Gasteiger charge is -2.25. The summed E-state index contributed by atoms with van der Waals surface area (Å²) < 4.78 is 0. The van der Waals surface area contributed by atoms with Crippen molar-refractivity contribution in [1.29, 1.82) is 0 Å². The maximum Gasteiger partial charge on any atom is 0.0192 e. The standard InChI is InChI=1S/C14H28N2/c1-14(8-4-5-9-14)12-15-11-13-7-3-2-6-10-16-13/h13,15-16H,2-12H2,1H3. The van der Waals surface area contributed by atoms with Gasteiger partial charge in [-0.25, -0.2) is 0 Å². The lowest BCUT2D eigenvalue weighted by Crippen LogP contribution is -2.41. The third kappa shape index (κ3) is 3.74. The Morgan fingerprint density at radius 2 is 1.94 bits per heavy atom. The summed E-state index contributed by atoms with van der Waals surface area (Å²) in [7, 11) is 0.